The van der Waals surface area contributed by atoms with Gasteiger partial charge in [-0.1, -0.05) is 64.2 Å². The molecule has 0 radical (unpaired) electrons. The topological polar surface area (TPSA) is 49.7 Å². The highest BCUT2D eigenvalue weighted by Crippen LogP contribution is 2.11. The predicted octanol–water partition coefficient (Wildman–Crippen LogP) is 4.06. The van der Waals surface area contributed by atoms with Crippen LogP contribution in [0.4, 0.5) is 0 Å². The summed E-state index contributed by atoms with van der Waals surface area (Å²) >= 11 is 0. The lowest BCUT2D eigenvalue weighted by Gasteiger charge is -2.06. The molecule has 0 spiro atoms. The Morgan fingerprint density at radius 3 is 1.50 bits per heavy atom. The highest BCUT2D eigenvalue weighted by Gasteiger charge is 1.96. The minimum Gasteiger partial charge on any atom is -0.396 e. The highest BCUT2D eigenvalue weighted by atomic mass is 16.5. The van der Waals surface area contributed by atoms with Gasteiger partial charge >= 0.3 is 0 Å². The molecule has 0 fully saturated rings. The number of rotatable bonds is 16. The van der Waals surface area contributed by atoms with Crippen LogP contribution < -0.4 is 0 Å². The van der Waals surface area contributed by atoms with Crippen LogP contribution in [-0.4, -0.2) is 36.1 Å². The summed E-state index contributed by atoms with van der Waals surface area (Å²) in [4.78, 5) is 0. The Bertz CT molecular complexity index is 172. The summed E-state index contributed by atoms with van der Waals surface area (Å²) in [5, 5.41) is 17.7. The first-order valence-electron chi connectivity index (χ1n) is 8.64. The van der Waals surface area contributed by atoms with Crippen LogP contribution in [0.15, 0.2) is 0 Å². The molecular formula is C17H36O3. The lowest BCUT2D eigenvalue weighted by molar-refractivity contribution is 0.0445. The van der Waals surface area contributed by atoms with Gasteiger partial charge in [-0.3, -0.25) is 0 Å². The number of ether oxygens (including phenoxy) is 1. The van der Waals surface area contributed by atoms with E-state index in [4.69, 9.17) is 14.9 Å². The monoisotopic (exact) mass is 288 g/mol. The lowest BCUT2D eigenvalue weighted by atomic mass is 10.1. The molecule has 1 unspecified atom stereocenters. The van der Waals surface area contributed by atoms with Crippen molar-refractivity contribution >= 4 is 0 Å². The third-order valence-electron chi connectivity index (χ3n) is 3.56. The Hall–Kier alpha value is -0.120. The first-order valence-corrected chi connectivity index (χ1v) is 8.64. The molecule has 0 saturated carbocycles. The average Bonchev–Trinajstić information content (AvgIpc) is 2.43. The molecule has 3 heteroatoms. The zero-order chi connectivity index (χ0) is 14.9. The number of aliphatic hydroxyl groups is 2. The molecule has 0 aliphatic heterocycles. The van der Waals surface area contributed by atoms with E-state index in [0.29, 0.717) is 13.2 Å². The highest BCUT2D eigenvalue weighted by molar-refractivity contribution is 4.49. The van der Waals surface area contributed by atoms with Gasteiger partial charge in [0, 0.05) is 13.2 Å². The van der Waals surface area contributed by atoms with Crippen LogP contribution in [0.1, 0.15) is 84.0 Å². The number of aliphatic hydroxyl groups excluding tert-OH is 2. The Balaban J connectivity index is 2.92. The largest absolute Gasteiger partial charge is 0.396 e. The maximum Gasteiger partial charge on any atom is 0.0745 e. The molecule has 1 atom stereocenters. The fourth-order valence-electron chi connectivity index (χ4n) is 2.34. The van der Waals surface area contributed by atoms with Crippen molar-refractivity contribution in [1.29, 1.82) is 0 Å². The third kappa shape index (κ3) is 17.9. The molecule has 122 valence electrons. The van der Waals surface area contributed by atoms with Crippen LogP contribution >= 0.6 is 0 Å². The average molecular weight is 288 g/mol. The van der Waals surface area contributed by atoms with Gasteiger partial charge in [-0.2, -0.15) is 0 Å². The van der Waals surface area contributed by atoms with Crippen molar-refractivity contribution in [2.45, 2.75) is 90.1 Å². The van der Waals surface area contributed by atoms with Gasteiger partial charge in [0.05, 0.1) is 12.7 Å². The summed E-state index contributed by atoms with van der Waals surface area (Å²) in [5.41, 5.74) is 0. The summed E-state index contributed by atoms with van der Waals surface area (Å²) in [6.45, 7) is 3.37. The maximum atomic E-state index is 9.02. The van der Waals surface area contributed by atoms with E-state index in [2.05, 4.69) is 0 Å². The smallest absolute Gasteiger partial charge is 0.0745 e. The number of hydrogen-bond donors (Lipinski definition) is 2. The standard InChI is InChI=1S/C17H36O3/c1-17(19)16-20-15-13-11-9-7-5-3-2-4-6-8-10-12-14-18/h17-19H,2-16H2,1H3. The molecule has 0 rings (SSSR count). The SMILES string of the molecule is CC(O)COCCCCCCCCCCCCCCO. The Morgan fingerprint density at radius 2 is 1.10 bits per heavy atom. The van der Waals surface area contributed by atoms with Crippen molar-refractivity contribution in [1.82, 2.24) is 0 Å². The summed E-state index contributed by atoms with van der Waals surface area (Å²) in [6, 6.07) is 0. The molecule has 0 aliphatic rings. The van der Waals surface area contributed by atoms with Crippen LogP contribution in [0.25, 0.3) is 0 Å². The van der Waals surface area contributed by atoms with Crippen LogP contribution in [0, 0.1) is 0 Å². The maximum absolute atomic E-state index is 9.02. The van der Waals surface area contributed by atoms with Gasteiger partial charge in [-0.25, -0.2) is 0 Å². The fourth-order valence-corrected chi connectivity index (χ4v) is 2.34. The zero-order valence-corrected chi connectivity index (χ0v) is 13.5. The third-order valence-corrected chi connectivity index (χ3v) is 3.56. The van der Waals surface area contributed by atoms with Crippen molar-refractivity contribution in [3.8, 4) is 0 Å². The number of unbranched alkanes of at least 4 members (excludes halogenated alkanes) is 11. The minimum atomic E-state index is -0.335. The molecule has 0 heterocycles. The molecular weight excluding hydrogens is 252 g/mol. The first kappa shape index (κ1) is 19.9. The second kappa shape index (κ2) is 16.9. The van der Waals surface area contributed by atoms with Gasteiger partial charge in [-0.05, 0) is 19.8 Å². The van der Waals surface area contributed by atoms with E-state index in [1.807, 2.05) is 0 Å². The van der Waals surface area contributed by atoms with E-state index in [-0.39, 0.29) is 6.10 Å². The second-order valence-corrected chi connectivity index (χ2v) is 5.89. The van der Waals surface area contributed by atoms with Gasteiger partial charge in [-0.15, -0.1) is 0 Å². The summed E-state index contributed by atoms with van der Waals surface area (Å²) < 4.78 is 5.33. The minimum absolute atomic E-state index is 0.335. The normalized spacial score (nSPS) is 12.8. The molecule has 20 heavy (non-hydrogen) atoms. The van der Waals surface area contributed by atoms with E-state index in [1.54, 1.807) is 6.92 Å². The first-order chi connectivity index (χ1) is 9.77. The van der Waals surface area contributed by atoms with Crippen molar-refractivity contribution in [2.24, 2.45) is 0 Å². The van der Waals surface area contributed by atoms with E-state index < -0.39 is 0 Å². The van der Waals surface area contributed by atoms with Gasteiger partial charge in [0.1, 0.15) is 0 Å². The summed E-state index contributed by atoms with van der Waals surface area (Å²) in [7, 11) is 0. The lowest BCUT2D eigenvalue weighted by Crippen LogP contribution is -2.10. The molecule has 3 nitrogen and oxygen atoms in total. The molecule has 0 aromatic heterocycles. The van der Waals surface area contributed by atoms with E-state index >= 15 is 0 Å². The van der Waals surface area contributed by atoms with Gasteiger partial charge in [0.25, 0.3) is 0 Å². The zero-order valence-electron chi connectivity index (χ0n) is 13.5. The molecule has 0 aromatic carbocycles. The van der Waals surface area contributed by atoms with Crippen LogP contribution in [0.2, 0.25) is 0 Å². The van der Waals surface area contributed by atoms with E-state index in [9.17, 15) is 0 Å². The molecule has 0 amide bonds. The fraction of sp³-hybridized carbons (Fsp3) is 1.00. The summed E-state index contributed by atoms with van der Waals surface area (Å²) in [5.74, 6) is 0. The van der Waals surface area contributed by atoms with Crippen molar-refractivity contribution in [3.63, 3.8) is 0 Å². The van der Waals surface area contributed by atoms with Crippen LogP contribution in [0.3, 0.4) is 0 Å². The van der Waals surface area contributed by atoms with E-state index in [1.165, 1.54) is 64.2 Å². The van der Waals surface area contributed by atoms with Crippen LogP contribution in [0.5, 0.6) is 0 Å². The molecule has 2 N–H and O–H groups in total. The Morgan fingerprint density at radius 1 is 0.700 bits per heavy atom. The Kier molecular flexibility index (Phi) is 16.8. The predicted molar refractivity (Wildman–Crippen MR) is 85.0 cm³/mol. The van der Waals surface area contributed by atoms with Crippen molar-refractivity contribution < 1.29 is 14.9 Å². The molecule has 0 saturated heterocycles. The van der Waals surface area contributed by atoms with Crippen molar-refractivity contribution in [3.05, 3.63) is 0 Å². The number of hydrogen-bond acceptors (Lipinski definition) is 3. The van der Waals surface area contributed by atoms with Gasteiger partial charge < -0.3 is 14.9 Å². The van der Waals surface area contributed by atoms with Crippen LogP contribution in [-0.2, 0) is 4.74 Å². The molecule has 0 aliphatic carbocycles. The molecule has 0 aromatic rings. The van der Waals surface area contributed by atoms with E-state index in [0.717, 1.165) is 19.4 Å². The molecule has 0 bridgehead atoms. The quantitative estimate of drug-likeness (QED) is 0.421. The second-order valence-electron chi connectivity index (χ2n) is 5.89. The summed E-state index contributed by atoms with van der Waals surface area (Å²) in [6.07, 6.45) is 15.0. The van der Waals surface area contributed by atoms with Gasteiger partial charge in [0.15, 0.2) is 0 Å². The Labute approximate surface area is 125 Å². The van der Waals surface area contributed by atoms with Crippen molar-refractivity contribution in [2.75, 3.05) is 19.8 Å². The van der Waals surface area contributed by atoms with Gasteiger partial charge in [0.2, 0.25) is 0 Å².